The molecule has 0 aliphatic carbocycles. The molecule has 3 aromatic rings. The number of aromatic nitrogens is 4. The van der Waals surface area contributed by atoms with Gasteiger partial charge in [-0.1, -0.05) is 45.0 Å². The molecule has 0 saturated carbocycles. The van der Waals surface area contributed by atoms with E-state index in [0.717, 1.165) is 11.8 Å². The molecule has 184 valence electrons. The zero-order chi connectivity index (χ0) is 25.5. The third-order valence-corrected chi connectivity index (χ3v) is 4.79. The minimum atomic E-state index is -4.51. The highest BCUT2D eigenvalue weighted by atomic mass is 35.5. The van der Waals surface area contributed by atoms with Crippen LogP contribution < -0.4 is 10.6 Å². The summed E-state index contributed by atoms with van der Waals surface area (Å²) in [6.07, 6.45) is -1.77. The molecule has 0 fully saturated rings. The Morgan fingerprint density at radius 2 is 1.79 bits per heavy atom. The first kappa shape index (κ1) is 27.1. The van der Waals surface area contributed by atoms with E-state index in [1.807, 2.05) is 13.8 Å². The molecule has 34 heavy (non-hydrogen) atoms. The van der Waals surface area contributed by atoms with Gasteiger partial charge in [0.2, 0.25) is 11.2 Å². The quantitative estimate of drug-likeness (QED) is 0.361. The number of imidazole rings is 1. The Bertz CT molecular complexity index is 1100. The molecule has 0 saturated heterocycles. The van der Waals surface area contributed by atoms with Crippen LogP contribution in [-0.2, 0) is 17.5 Å². The molecule has 1 amide bonds. The highest BCUT2D eigenvalue weighted by molar-refractivity contribution is 6.28. The maximum Gasteiger partial charge on any atom is 0.434 e. The molecular formula is C23H28ClF3N6O. The van der Waals surface area contributed by atoms with Gasteiger partial charge in [-0.25, -0.2) is 9.97 Å². The second kappa shape index (κ2) is 11.8. The second-order valence-corrected chi connectivity index (χ2v) is 7.64. The summed E-state index contributed by atoms with van der Waals surface area (Å²) in [7, 11) is 0. The normalized spacial score (nSPS) is 11.1. The van der Waals surface area contributed by atoms with Crippen LogP contribution in [0.5, 0.6) is 0 Å². The van der Waals surface area contributed by atoms with Crippen LogP contribution in [0.1, 0.15) is 58.3 Å². The highest BCUT2D eigenvalue weighted by Crippen LogP contribution is 2.32. The molecule has 0 unspecified atom stereocenters. The summed E-state index contributed by atoms with van der Waals surface area (Å²) in [5.74, 6) is 0.419. The number of rotatable bonds is 7. The van der Waals surface area contributed by atoms with Gasteiger partial charge in [0.1, 0.15) is 11.5 Å². The Morgan fingerprint density at radius 3 is 2.35 bits per heavy atom. The third kappa shape index (κ3) is 6.93. The maximum atomic E-state index is 13.1. The van der Waals surface area contributed by atoms with Crippen LogP contribution in [0.25, 0.3) is 11.4 Å². The van der Waals surface area contributed by atoms with Gasteiger partial charge >= 0.3 is 6.18 Å². The van der Waals surface area contributed by atoms with Gasteiger partial charge in [0.25, 0.3) is 0 Å². The number of nitrogens with zero attached hydrogens (tertiary/aromatic N) is 4. The summed E-state index contributed by atoms with van der Waals surface area (Å²) < 4.78 is 40.9. The van der Waals surface area contributed by atoms with E-state index in [1.165, 1.54) is 10.8 Å². The summed E-state index contributed by atoms with van der Waals surface area (Å²) in [6.45, 7) is 9.66. The molecule has 0 atom stereocenters. The summed E-state index contributed by atoms with van der Waals surface area (Å²) >= 11 is 5.87. The lowest BCUT2D eigenvalue weighted by Crippen LogP contribution is -2.13. The molecule has 3 rings (SSSR count). The first-order valence-corrected chi connectivity index (χ1v) is 11.3. The fourth-order valence-electron chi connectivity index (χ4n) is 2.92. The third-order valence-electron chi connectivity index (χ3n) is 4.61. The summed E-state index contributed by atoms with van der Waals surface area (Å²) in [6, 6.07) is 6.80. The number of halogens is 4. The van der Waals surface area contributed by atoms with Gasteiger partial charge in [-0.05, 0) is 31.0 Å². The molecule has 0 aliphatic rings. The average molecular weight is 497 g/mol. The van der Waals surface area contributed by atoms with E-state index in [0.29, 0.717) is 30.0 Å². The molecule has 1 aromatic carbocycles. The fraction of sp³-hybridized carbons (Fsp3) is 0.391. The van der Waals surface area contributed by atoms with Gasteiger partial charge in [0.05, 0.1) is 6.20 Å². The van der Waals surface area contributed by atoms with Gasteiger partial charge in [-0.3, -0.25) is 4.79 Å². The molecule has 0 bridgehead atoms. The van der Waals surface area contributed by atoms with E-state index >= 15 is 0 Å². The van der Waals surface area contributed by atoms with Crippen molar-refractivity contribution in [3.63, 3.8) is 0 Å². The Morgan fingerprint density at radius 1 is 1.15 bits per heavy atom. The van der Waals surface area contributed by atoms with Crippen LogP contribution in [0.2, 0.25) is 5.28 Å². The van der Waals surface area contributed by atoms with Crippen molar-refractivity contribution >= 4 is 29.0 Å². The number of hydrogen-bond acceptors (Lipinski definition) is 5. The number of carbonyl (C=O) groups is 1. The lowest BCUT2D eigenvalue weighted by atomic mass is 10.1. The number of benzene rings is 1. The molecule has 7 nitrogen and oxygen atoms in total. The van der Waals surface area contributed by atoms with E-state index in [1.54, 1.807) is 45.0 Å². The number of anilines is 2. The van der Waals surface area contributed by atoms with Crippen LogP contribution in [0.3, 0.4) is 0 Å². The van der Waals surface area contributed by atoms with Crippen LogP contribution in [0, 0.1) is 0 Å². The van der Waals surface area contributed by atoms with Crippen molar-refractivity contribution in [2.75, 3.05) is 10.6 Å². The lowest BCUT2D eigenvalue weighted by Gasteiger charge is -2.13. The predicted molar refractivity (Wildman–Crippen MR) is 128 cm³/mol. The number of amides is 1. The Hall–Kier alpha value is -3.14. The second-order valence-electron chi connectivity index (χ2n) is 7.30. The zero-order valence-corrected chi connectivity index (χ0v) is 20.4. The van der Waals surface area contributed by atoms with Crippen LogP contribution in [0.4, 0.5) is 24.7 Å². The largest absolute Gasteiger partial charge is 0.434 e. The van der Waals surface area contributed by atoms with Crippen LogP contribution in [-0.4, -0.2) is 25.4 Å². The van der Waals surface area contributed by atoms with Crippen molar-refractivity contribution in [3.8, 4) is 11.4 Å². The SMILES string of the molecule is CC.CCC(=O)Nc1cnc(Cl)nc1NCc1ccc(-c2nc(C(F)(F)F)cn2C(C)C)cc1. The minimum absolute atomic E-state index is 0.0262. The van der Waals surface area contributed by atoms with Gasteiger partial charge in [-0.2, -0.15) is 18.2 Å². The minimum Gasteiger partial charge on any atom is -0.364 e. The summed E-state index contributed by atoms with van der Waals surface area (Å²) in [4.78, 5) is 23.5. The molecular weight excluding hydrogens is 469 g/mol. The van der Waals surface area contributed by atoms with Crippen molar-refractivity contribution < 1.29 is 18.0 Å². The first-order chi connectivity index (χ1) is 16.1. The number of carbonyl (C=O) groups excluding carboxylic acids is 1. The zero-order valence-electron chi connectivity index (χ0n) is 19.7. The lowest BCUT2D eigenvalue weighted by molar-refractivity contribution is -0.140. The van der Waals surface area contributed by atoms with Gasteiger partial charge in [-0.15, -0.1) is 0 Å². The van der Waals surface area contributed by atoms with Gasteiger partial charge in [0, 0.05) is 30.8 Å². The Balaban J connectivity index is 0.00000199. The van der Waals surface area contributed by atoms with Crippen molar-refractivity contribution in [2.24, 2.45) is 0 Å². The van der Waals surface area contributed by atoms with E-state index in [2.05, 4.69) is 25.6 Å². The van der Waals surface area contributed by atoms with Crippen molar-refractivity contribution in [1.82, 2.24) is 19.5 Å². The highest BCUT2D eigenvalue weighted by Gasteiger charge is 2.35. The fourth-order valence-corrected chi connectivity index (χ4v) is 3.05. The smallest absolute Gasteiger partial charge is 0.364 e. The Kier molecular flexibility index (Phi) is 9.43. The molecule has 11 heteroatoms. The van der Waals surface area contributed by atoms with E-state index in [-0.39, 0.29) is 23.1 Å². The molecule has 0 aliphatic heterocycles. The van der Waals surface area contributed by atoms with E-state index in [4.69, 9.17) is 11.6 Å². The average Bonchev–Trinajstić information content (AvgIpc) is 3.27. The molecule has 0 radical (unpaired) electrons. The molecule has 2 N–H and O–H groups in total. The monoisotopic (exact) mass is 496 g/mol. The number of nitrogens with one attached hydrogen (secondary N) is 2. The van der Waals surface area contributed by atoms with Gasteiger partial charge < -0.3 is 15.2 Å². The number of alkyl halides is 3. The van der Waals surface area contributed by atoms with Crippen molar-refractivity contribution in [3.05, 3.63) is 53.2 Å². The van der Waals surface area contributed by atoms with Crippen molar-refractivity contribution in [2.45, 2.75) is 59.8 Å². The molecule has 0 spiro atoms. The van der Waals surface area contributed by atoms with Gasteiger partial charge in [0.15, 0.2) is 11.5 Å². The van der Waals surface area contributed by atoms with Crippen LogP contribution in [0.15, 0.2) is 36.7 Å². The summed E-state index contributed by atoms with van der Waals surface area (Å²) in [5.41, 5.74) is 0.889. The van der Waals surface area contributed by atoms with Crippen molar-refractivity contribution in [1.29, 1.82) is 0 Å². The molecule has 2 aromatic heterocycles. The van der Waals surface area contributed by atoms with E-state index in [9.17, 15) is 18.0 Å². The summed E-state index contributed by atoms with van der Waals surface area (Å²) in [5, 5.41) is 5.82. The predicted octanol–water partition coefficient (Wildman–Crippen LogP) is 6.58. The maximum absolute atomic E-state index is 13.1. The first-order valence-electron chi connectivity index (χ1n) is 10.9. The topological polar surface area (TPSA) is 84.7 Å². The van der Waals surface area contributed by atoms with Crippen LogP contribution >= 0.6 is 11.6 Å². The molecule has 2 heterocycles. The number of hydrogen-bond donors (Lipinski definition) is 2. The van der Waals surface area contributed by atoms with E-state index < -0.39 is 11.9 Å². The standard InChI is InChI=1S/C21H22ClF3N6O.C2H6/c1-4-17(32)28-15-10-27-20(22)30-18(15)26-9-13-5-7-14(8-6-13)19-29-16(21(23,24)25)11-31(19)12(2)3;1-2/h5-8,10-12H,4,9H2,1-3H3,(H,28,32)(H,26,27,30);1-2H3. The Labute approximate surface area is 201 Å².